The molecule has 0 spiro atoms. The smallest absolute Gasteiger partial charge is 0.223 e. The third-order valence-corrected chi connectivity index (χ3v) is 4.52. The predicted molar refractivity (Wildman–Crippen MR) is 71.8 cm³/mol. The Morgan fingerprint density at radius 2 is 2.06 bits per heavy atom. The number of hydrogen-bond donors (Lipinski definition) is 1. The van der Waals surface area contributed by atoms with Gasteiger partial charge in [-0.2, -0.15) is 0 Å². The molecule has 0 heterocycles. The van der Waals surface area contributed by atoms with Crippen molar-refractivity contribution in [1.82, 2.24) is 5.32 Å². The van der Waals surface area contributed by atoms with E-state index in [9.17, 15) is 4.79 Å². The number of hydrogen-bond acceptors (Lipinski definition) is 1. The maximum atomic E-state index is 11.9. The highest BCUT2D eigenvalue weighted by atomic mass is 79.9. The summed E-state index contributed by atoms with van der Waals surface area (Å²) in [4.78, 5) is 12.4. The van der Waals surface area contributed by atoms with Crippen molar-refractivity contribution in [2.24, 2.45) is 5.92 Å². The summed E-state index contributed by atoms with van der Waals surface area (Å²) < 4.78 is 0. The van der Waals surface area contributed by atoms with Crippen LogP contribution in [-0.2, 0) is 4.79 Å². The van der Waals surface area contributed by atoms with Crippen molar-refractivity contribution in [3.05, 3.63) is 0 Å². The van der Waals surface area contributed by atoms with Gasteiger partial charge in [-0.3, -0.25) is 4.79 Å². The average Bonchev–Trinajstić information content (AvgIpc) is 2.45. The predicted octanol–water partition coefficient (Wildman–Crippen LogP) is 3.64. The second kappa shape index (κ2) is 7.31. The standard InChI is InChI=1S/C13H24BrNO/c1-3-7-10(2)13(16)15-12-9-6-4-5-8-11(12)14/h10-12H,3-9H2,1-2H3,(H,15,16). The van der Waals surface area contributed by atoms with E-state index in [-0.39, 0.29) is 11.8 Å². The van der Waals surface area contributed by atoms with Crippen molar-refractivity contribution >= 4 is 21.8 Å². The van der Waals surface area contributed by atoms with Gasteiger partial charge in [0.05, 0.1) is 0 Å². The molecule has 1 fully saturated rings. The van der Waals surface area contributed by atoms with E-state index in [1.54, 1.807) is 0 Å². The van der Waals surface area contributed by atoms with Gasteiger partial charge in [0.1, 0.15) is 0 Å². The van der Waals surface area contributed by atoms with E-state index in [4.69, 9.17) is 0 Å². The molecule has 1 rings (SSSR count). The molecular formula is C13H24BrNO. The number of halogens is 1. The zero-order chi connectivity index (χ0) is 12.0. The highest BCUT2D eigenvalue weighted by molar-refractivity contribution is 9.09. The molecule has 0 aromatic heterocycles. The molecule has 0 aromatic rings. The van der Waals surface area contributed by atoms with E-state index in [1.807, 2.05) is 6.92 Å². The first-order valence-corrected chi connectivity index (χ1v) is 7.51. The molecule has 3 unspecified atom stereocenters. The molecule has 1 amide bonds. The van der Waals surface area contributed by atoms with Crippen LogP contribution in [0.2, 0.25) is 0 Å². The third kappa shape index (κ3) is 4.44. The van der Waals surface area contributed by atoms with Gasteiger partial charge in [0, 0.05) is 16.8 Å². The third-order valence-electron chi connectivity index (χ3n) is 3.43. The normalized spacial score (nSPS) is 28.2. The topological polar surface area (TPSA) is 29.1 Å². The zero-order valence-electron chi connectivity index (χ0n) is 10.5. The van der Waals surface area contributed by atoms with Gasteiger partial charge in [-0.1, -0.05) is 55.5 Å². The number of carbonyl (C=O) groups is 1. The fourth-order valence-corrected chi connectivity index (χ4v) is 3.03. The van der Waals surface area contributed by atoms with Gasteiger partial charge in [-0.05, 0) is 19.3 Å². The molecule has 0 radical (unpaired) electrons. The fraction of sp³-hybridized carbons (Fsp3) is 0.923. The van der Waals surface area contributed by atoms with Crippen molar-refractivity contribution in [3.8, 4) is 0 Å². The highest BCUT2D eigenvalue weighted by Crippen LogP contribution is 2.24. The van der Waals surface area contributed by atoms with E-state index in [2.05, 4.69) is 28.2 Å². The van der Waals surface area contributed by atoms with E-state index >= 15 is 0 Å². The summed E-state index contributed by atoms with van der Waals surface area (Å²) in [6, 6.07) is 0.342. The van der Waals surface area contributed by atoms with E-state index < -0.39 is 0 Å². The summed E-state index contributed by atoms with van der Waals surface area (Å²) in [7, 11) is 0. The molecule has 2 nitrogen and oxygen atoms in total. The largest absolute Gasteiger partial charge is 0.352 e. The van der Waals surface area contributed by atoms with Gasteiger partial charge < -0.3 is 5.32 Å². The molecule has 0 bridgehead atoms. The van der Waals surface area contributed by atoms with Crippen molar-refractivity contribution in [1.29, 1.82) is 0 Å². The van der Waals surface area contributed by atoms with Crippen LogP contribution in [0.3, 0.4) is 0 Å². The summed E-state index contributed by atoms with van der Waals surface area (Å²) in [5.74, 6) is 0.395. The lowest BCUT2D eigenvalue weighted by Gasteiger charge is -2.23. The van der Waals surface area contributed by atoms with Crippen LogP contribution in [0, 0.1) is 5.92 Å². The minimum absolute atomic E-state index is 0.160. The van der Waals surface area contributed by atoms with Crippen LogP contribution in [0.1, 0.15) is 58.8 Å². The molecule has 16 heavy (non-hydrogen) atoms. The highest BCUT2D eigenvalue weighted by Gasteiger charge is 2.24. The number of nitrogens with one attached hydrogen (secondary N) is 1. The first-order valence-electron chi connectivity index (χ1n) is 6.59. The first-order chi connectivity index (χ1) is 7.65. The molecule has 0 saturated heterocycles. The van der Waals surface area contributed by atoms with Crippen LogP contribution in [0.4, 0.5) is 0 Å². The number of carbonyl (C=O) groups excluding carboxylic acids is 1. The Balaban J connectivity index is 2.41. The van der Waals surface area contributed by atoms with Crippen LogP contribution >= 0.6 is 15.9 Å². The molecule has 1 N–H and O–H groups in total. The second-order valence-electron chi connectivity index (χ2n) is 4.96. The molecular weight excluding hydrogens is 266 g/mol. The maximum Gasteiger partial charge on any atom is 0.223 e. The average molecular weight is 290 g/mol. The summed E-state index contributed by atoms with van der Waals surface area (Å²) in [6.45, 7) is 4.15. The molecule has 1 saturated carbocycles. The van der Waals surface area contributed by atoms with Crippen molar-refractivity contribution in [2.75, 3.05) is 0 Å². The number of rotatable bonds is 4. The van der Waals surface area contributed by atoms with Gasteiger partial charge in [0.2, 0.25) is 5.91 Å². The fourth-order valence-electron chi connectivity index (χ4n) is 2.31. The second-order valence-corrected chi connectivity index (χ2v) is 6.13. The molecule has 94 valence electrons. The first kappa shape index (κ1) is 14.0. The van der Waals surface area contributed by atoms with E-state index in [0.29, 0.717) is 10.9 Å². The van der Waals surface area contributed by atoms with Crippen LogP contribution in [-0.4, -0.2) is 16.8 Å². The van der Waals surface area contributed by atoms with E-state index in [0.717, 1.165) is 19.3 Å². The molecule has 0 aromatic carbocycles. The maximum absolute atomic E-state index is 11.9. The van der Waals surface area contributed by atoms with Crippen molar-refractivity contribution < 1.29 is 4.79 Å². The minimum atomic E-state index is 0.160. The Morgan fingerprint density at radius 3 is 2.75 bits per heavy atom. The van der Waals surface area contributed by atoms with Gasteiger partial charge in [0.25, 0.3) is 0 Å². The zero-order valence-corrected chi connectivity index (χ0v) is 12.1. The lowest BCUT2D eigenvalue weighted by molar-refractivity contribution is -0.125. The van der Waals surface area contributed by atoms with Crippen LogP contribution in [0.15, 0.2) is 0 Å². The van der Waals surface area contributed by atoms with Crippen LogP contribution in [0.25, 0.3) is 0 Å². The quantitative estimate of drug-likeness (QED) is 0.621. The van der Waals surface area contributed by atoms with Gasteiger partial charge in [-0.15, -0.1) is 0 Å². The summed E-state index contributed by atoms with van der Waals surface area (Å²) >= 11 is 3.71. The monoisotopic (exact) mass is 289 g/mol. The summed E-state index contributed by atoms with van der Waals surface area (Å²) in [5, 5.41) is 3.21. The van der Waals surface area contributed by atoms with Gasteiger partial charge in [-0.25, -0.2) is 0 Å². The summed E-state index contributed by atoms with van der Waals surface area (Å²) in [6.07, 6.45) is 8.22. The number of amides is 1. The lowest BCUT2D eigenvalue weighted by atomic mass is 10.0. The van der Waals surface area contributed by atoms with E-state index in [1.165, 1.54) is 25.7 Å². The van der Waals surface area contributed by atoms with Crippen LogP contribution in [0.5, 0.6) is 0 Å². The SMILES string of the molecule is CCCC(C)C(=O)NC1CCCCCC1Br. The molecule has 1 aliphatic rings. The minimum Gasteiger partial charge on any atom is -0.352 e. The summed E-state index contributed by atoms with van der Waals surface area (Å²) in [5.41, 5.74) is 0. The van der Waals surface area contributed by atoms with Crippen LogP contribution < -0.4 is 5.32 Å². The Kier molecular flexibility index (Phi) is 6.40. The Morgan fingerprint density at radius 1 is 1.38 bits per heavy atom. The Hall–Kier alpha value is -0.0500. The van der Waals surface area contributed by atoms with Crippen molar-refractivity contribution in [2.45, 2.75) is 69.7 Å². The molecule has 3 heteroatoms. The van der Waals surface area contributed by atoms with Gasteiger partial charge in [0.15, 0.2) is 0 Å². The van der Waals surface area contributed by atoms with Gasteiger partial charge >= 0.3 is 0 Å². The Labute approximate surface area is 108 Å². The Bertz CT molecular complexity index is 220. The lowest BCUT2D eigenvalue weighted by Crippen LogP contribution is -2.42. The molecule has 0 aliphatic heterocycles. The van der Waals surface area contributed by atoms with Crippen molar-refractivity contribution in [3.63, 3.8) is 0 Å². The molecule has 3 atom stereocenters. The molecule has 1 aliphatic carbocycles. The number of alkyl halides is 1.